The molecule has 0 saturated carbocycles. The van der Waals surface area contributed by atoms with Crippen molar-refractivity contribution in [3.05, 3.63) is 33.9 Å². The second kappa shape index (κ2) is 14.2. The number of sulfone groups is 1. The van der Waals surface area contributed by atoms with Crippen molar-refractivity contribution >= 4 is 43.3 Å². The van der Waals surface area contributed by atoms with Crippen LogP contribution in [0.3, 0.4) is 0 Å². The van der Waals surface area contributed by atoms with Gasteiger partial charge in [-0.15, -0.1) is 0 Å². The van der Waals surface area contributed by atoms with Crippen LogP contribution in [0.2, 0.25) is 0 Å². The van der Waals surface area contributed by atoms with Crippen LogP contribution in [0, 0.1) is 10.1 Å². The van der Waals surface area contributed by atoms with Crippen molar-refractivity contribution in [3.8, 4) is 0 Å². The zero-order chi connectivity index (χ0) is 26.0. The molecule has 184 valence electrons. The average Bonchev–Trinajstić information content (AvgIpc) is 2.39. The number of benzene rings is 1. The minimum atomic E-state index is -6.00. The summed E-state index contributed by atoms with van der Waals surface area (Å²) in [6.45, 7) is 0. The van der Waals surface area contributed by atoms with E-state index in [0.717, 1.165) is 24.5 Å². The van der Waals surface area contributed by atoms with Crippen molar-refractivity contribution in [1.82, 2.24) is 0 Å². The zero-order valence-electron chi connectivity index (χ0n) is 16.3. The third kappa shape index (κ3) is 32.7. The molecule has 0 radical (unpaired) electrons. The zero-order valence-corrected chi connectivity index (χ0v) is 16.2. The molecule has 0 aliphatic rings. The fourth-order valence-corrected chi connectivity index (χ4v) is 1.71. The first-order valence-electron chi connectivity index (χ1n) is 6.57. The average molecular weight is 514 g/mol. The van der Waals surface area contributed by atoms with Crippen LogP contribution in [-0.2, 0) is 9.84 Å². The van der Waals surface area contributed by atoms with Gasteiger partial charge in [-0.25, -0.2) is 13.2 Å². The molecule has 0 bridgehead atoms. The van der Waals surface area contributed by atoms with Crippen molar-refractivity contribution in [1.29, 1.82) is 0 Å². The van der Waals surface area contributed by atoms with E-state index in [4.69, 9.17) is 5.11 Å². The maximum absolute atomic E-state index is 11.1. The number of carbonyl (C=O) groups is 1. The van der Waals surface area contributed by atoms with Gasteiger partial charge in [-0.1, -0.05) is 0 Å². The van der Waals surface area contributed by atoms with Gasteiger partial charge in [-0.2, -0.15) is 0 Å². The van der Waals surface area contributed by atoms with Crippen LogP contribution in [0.5, 0.6) is 0 Å². The first-order valence-corrected chi connectivity index (χ1v) is 8.46. The minimum Gasteiger partial charge on any atom is -1.00 e. The van der Waals surface area contributed by atoms with Crippen LogP contribution in [0.1, 0.15) is 11.8 Å². The standard InChI is InChI=1S/C8H7NO6S.3BF4.Li.H/c1-16(14,15)5-2-3-6(8(10)11)7(4-5)9(12)13;3*2-1(3,4)5;;/h2-4H,1H3,(H,10,11);;;;;/q;3*-1;+1;-1. The summed E-state index contributed by atoms with van der Waals surface area (Å²) in [5.41, 5.74) is -1.28. The number of hydrogen-bond acceptors (Lipinski definition) is 5. The van der Waals surface area contributed by atoms with Gasteiger partial charge >= 0.3 is 46.6 Å². The number of halogens is 12. The molecule has 1 aromatic carbocycles. The maximum Gasteiger partial charge on any atom is 1.00 e. The third-order valence-electron chi connectivity index (χ3n) is 1.82. The summed E-state index contributed by atoms with van der Waals surface area (Å²) in [6.07, 6.45) is 0.881. The van der Waals surface area contributed by atoms with E-state index in [2.05, 4.69) is 0 Å². The summed E-state index contributed by atoms with van der Waals surface area (Å²) in [5, 5.41) is 19.2. The van der Waals surface area contributed by atoms with Crippen LogP contribution in [-0.4, -0.2) is 52.4 Å². The van der Waals surface area contributed by atoms with Gasteiger partial charge in [0.05, 0.1) is 9.82 Å². The van der Waals surface area contributed by atoms with Gasteiger partial charge in [0, 0.05) is 12.3 Å². The van der Waals surface area contributed by atoms with E-state index in [-0.39, 0.29) is 25.2 Å². The Balaban J connectivity index is -0.000000128. The molecule has 0 amide bonds. The Morgan fingerprint density at radius 2 is 1.19 bits per heavy atom. The van der Waals surface area contributed by atoms with E-state index >= 15 is 0 Å². The van der Waals surface area contributed by atoms with Gasteiger partial charge in [0.2, 0.25) is 0 Å². The van der Waals surface area contributed by atoms with Crippen LogP contribution in [0.15, 0.2) is 23.1 Å². The fourth-order valence-electron chi connectivity index (χ4n) is 1.07. The molecular formula is C8H8B3F12LiNO6S-3. The van der Waals surface area contributed by atoms with Gasteiger partial charge in [-0.3, -0.25) is 10.1 Å². The Hall–Kier alpha value is -2.01. The van der Waals surface area contributed by atoms with Gasteiger partial charge < -0.3 is 58.3 Å². The van der Waals surface area contributed by atoms with Crippen LogP contribution >= 0.6 is 0 Å². The smallest absolute Gasteiger partial charge is 1.00 e. The summed E-state index contributed by atoms with van der Waals surface area (Å²) in [5.74, 6) is -1.48. The van der Waals surface area contributed by atoms with E-state index in [0.29, 0.717) is 0 Å². The normalized spacial score (nSPS) is 11.2. The fraction of sp³-hybridized carbons (Fsp3) is 0.125. The molecule has 0 heterocycles. The van der Waals surface area contributed by atoms with Gasteiger partial charge in [0.25, 0.3) is 5.69 Å². The van der Waals surface area contributed by atoms with Crippen molar-refractivity contribution in [3.63, 3.8) is 0 Å². The number of rotatable bonds is 3. The van der Waals surface area contributed by atoms with Crippen LogP contribution < -0.4 is 18.9 Å². The number of nitro groups is 1. The molecule has 0 fully saturated rings. The number of nitro benzene ring substituents is 1. The Labute approximate surface area is 184 Å². The molecule has 1 aromatic rings. The number of carboxylic acid groups (broad SMARTS) is 1. The predicted octanol–water partition coefficient (Wildman–Crippen LogP) is 1.71. The first kappa shape index (κ1) is 37.3. The summed E-state index contributed by atoms with van der Waals surface area (Å²) in [7, 11) is -21.6. The maximum atomic E-state index is 11.1. The van der Waals surface area contributed by atoms with E-state index in [1.165, 1.54) is 0 Å². The summed E-state index contributed by atoms with van der Waals surface area (Å²) in [4.78, 5) is 20.0. The molecule has 24 heteroatoms. The molecule has 0 aromatic heterocycles. The van der Waals surface area contributed by atoms with Crippen LogP contribution in [0.25, 0.3) is 0 Å². The first-order chi connectivity index (χ1) is 13.2. The molecule has 0 saturated heterocycles. The molecule has 1 rings (SSSR count). The Bertz CT molecular complexity index is 807. The Kier molecular flexibility index (Phi) is 16.6. The summed E-state index contributed by atoms with van der Waals surface area (Å²) >= 11 is 0. The molecule has 0 spiro atoms. The van der Waals surface area contributed by atoms with Gasteiger partial charge in [0.1, 0.15) is 5.56 Å². The number of hydrogen-bond donors (Lipinski definition) is 1. The van der Waals surface area contributed by atoms with E-state index in [1.54, 1.807) is 0 Å². The van der Waals surface area contributed by atoms with Crippen molar-refractivity contribution in [2.45, 2.75) is 4.90 Å². The topological polar surface area (TPSA) is 115 Å². The predicted molar refractivity (Wildman–Crippen MR) is 84.8 cm³/mol. The number of aromatic carboxylic acids is 1. The Morgan fingerprint density at radius 3 is 1.38 bits per heavy atom. The molecule has 0 unspecified atom stereocenters. The molecule has 0 aliphatic carbocycles. The molecular weight excluding hydrogens is 506 g/mol. The largest absolute Gasteiger partial charge is 1.00 e. The monoisotopic (exact) mass is 514 g/mol. The molecule has 7 nitrogen and oxygen atoms in total. The van der Waals surface area contributed by atoms with Gasteiger partial charge in [0.15, 0.2) is 9.84 Å². The minimum absolute atomic E-state index is 0. The molecule has 0 atom stereocenters. The Morgan fingerprint density at radius 1 is 0.906 bits per heavy atom. The van der Waals surface area contributed by atoms with Crippen molar-refractivity contribution in [2.75, 3.05) is 6.26 Å². The quantitative estimate of drug-likeness (QED) is 0.285. The number of nitrogens with zero attached hydrogens (tertiary/aromatic N) is 1. The van der Waals surface area contributed by atoms with Crippen molar-refractivity contribution < 1.29 is 95.3 Å². The second-order valence-corrected chi connectivity index (χ2v) is 6.51. The van der Waals surface area contributed by atoms with E-state index < -0.39 is 53.7 Å². The molecule has 0 aliphatic heterocycles. The molecule has 32 heavy (non-hydrogen) atoms. The SMILES string of the molecule is CS(=O)(=O)c1ccc(C(=O)O)c([N+](=O)[O-])c1.F[B-](F)(F)F.F[B-](F)(F)F.F[B-](F)(F)F.[H-].[Li+]. The summed E-state index contributed by atoms with van der Waals surface area (Å²) < 4.78 is 139. The van der Waals surface area contributed by atoms with Crippen molar-refractivity contribution in [2.24, 2.45) is 0 Å². The van der Waals surface area contributed by atoms with Gasteiger partial charge in [-0.05, 0) is 12.1 Å². The second-order valence-electron chi connectivity index (χ2n) is 4.50. The third-order valence-corrected chi connectivity index (χ3v) is 2.93. The summed E-state index contributed by atoms with van der Waals surface area (Å²) in [6, 6.07) is 2.65. The number of carboxylic acids is 1. The van der Waals surface area contributed by atoms with Crippen LogP contribution in [0.4, 0.5) is 57.5 Å². The van der Waals surface area contributed by atoms with E-state index in [9.17, 15) is 75.1 Å². The van der Waals surface area contributed by atoms with E-state index in [1.807, 2.05) is 0 Å². The molecule has 1 N–H and O–H groups in total.